The molecule has 5 rings (SSSR count). The van der Waals surface area contributed by atoms with E-state index in [9.17, 15) is 5.11 Å². The van der Waals surface area contributed by atoms with Crippen LogP contribution in [-0.2, 0) is 13.0 Å². The summed E-state index contributed by atoms with van der Waals surface area (Å²) in [6.45, 7) is 11.9. The first-order valence-electron chi connectivity index (χ1n) is 10.7. The lowest BCUT2D eigenvalue weighted by atomic mass is 9.83. The van der Waals surface area contributed by atoms with Gasteiger partial charge in [0, 0.05) is 35.5 Å². The van der Waals surface area contributed by atoms with E-state index in [-0.39, 0.29) is 5.92 Å². The van der Waals surface area contributed by atoms with Crippen LogP contribution in [0.5, 0.6) is 11.5 Å². The Morgan fingerprint density at radius 1 is 1.17 bits per heavy atom. The van der Waals surface area contributed by atoms with E-state index in [2.05, 4.69) is 53.2 Å². The summed E-state index contributed by atoms with van der Waals surface area (Å²) in [6.07, 6.45) is 2.93. The fraction of sp³-hybridized carbons (Fsp3) is 0.400. The monoisotopic (exact) mass is 403 g/mol. The van der Waals surface area contributed by atoms with Crippen LogP contribution in [-0.4, -0.2) is 27.0 Å². The number of ether oxygens (including phenoxy) is 1. The molecule has 2 aliphatic rings. The molecule has 156 valence electrons. The van der Waals surface area contributed by atoms with Crippen molar-refractivity contribution in [1.29, 1.82) is 0 Å². The third-order valence-corrected chi connectivity index (χ3v) is 7.01. The van der Waals surface area contributed by atoms with Crippen LogP contribution in [0.25, 0.3) is 11.3 Å². The van der Waals surface area contributed by atoms with Crippen molar-refractivity contribution < 1.29 is 9.84 Å². The highest BCUT2D eigenvalue weighted by Crippen LogP contribution is 2.52. The van der Waals surface area contributed by atoms with Crippen molar-refractivity contribution >= 4 is 5.69 Å². The van der Waals surface area contributed by atoms with E-state index >= 15 is 0 Å². The minimum atomic E-state index is -0.391. The smallest absolute Gasteiger partial charge is 0.127 e. The molecule has 0 saturated carbocycles. The Hall–Kier alpha value is -2.95. The van der Waals surface area contributed by atoms with Crippen molar-refractivity contribution in [2.75, 3.05) is 11.9 Å². The zero-order valence-corrected chi connectivity index (χ0v) is 18.3. The molecule has 0 bridgehead atoms. The molecule has 30 heavy (non-hydrogen) atoms. The second-order valence-electron chi connectivity index (χ2n) is 9.14. The lowest BCUT2D eigenvalue weighted by Gasteiger charge is -2.27. The number of phenolic OH excluding ortho intramolecular Hbond substituents is 1. The van der Waals surface area contributed by atoms with Gasteiger partial charge in [-0.3, -0.25) is 4.68 Å². The van der Waals surface area contributed by atoms with E-state index in [1.165, 1.54) is 16.8 Å². The first-order chi connectivity index (χ1) is 14.3. The van der Waals surface area contributed by atoms with Crippen molar-refractivity contribution in [2.45, 2.75) is 59.1 Å². The molecular weight excluding hydrogens is 374 g/mol. The largest absolute Gasteiger partial charge is 0.507 e. The highest BCUT2D eigenvalue weighted by Gasteiger charge is 2.44. The summed E-state index contributed by atoms with van der Waals surface area (Å²) in [5.74, 6) is 1.39. The van der Waals surface area contributed by atoms with E-state index in [1.54, 1.807) is 0 Å². The van der Waals surface area contributed by atoms with Gasteiger partial charge in [0.15, 0.2) is 0 Å². The minimum absolute atomic E-state index is 0.0843. The van der Waals surface area contributed by atoms with Crippen molar-refractivity contribution in [2.24, 2.45) is 0 Å². The minimum Gasteiger partial charge on any atom is -0.507 e. The molecule has 2 aliphatic heterocycles. The molecule has 0 amide bonds. The van der Waals surface area contributed by atoms with E-state index in [1.807, 2.05) is 27.0 Å². The van der Waals surface area contributed by atoms with Crippen LogP contribution < -0.4 is 10.1 Å². The fourth-order valence-electron chi connectivity index (χ4n) is 5.11. The summed E-state index contributed by atoms with van der Waals surface area (Å²) >= 11 is 0. The van der Waals surface area contributed by atoms with Crippen LogP contribution in [0.2, 0.25) is 0 Å². The average molecular weight is 404 g/mol. The maximum absolute atomic E-state index is 10.7. The van der Waals surface area contributed by atoms with Gasteiger partial charge in [0.05, 0.1) is 12.2 Å². The predicted octanol–water partition coefficient (Wildman–Crippen LogP) is 5.10. The van der Waals surface area contributed by atoms with E-state index in [0.29, 0.717) is 12.3 Å². The van der Waals surface area contributed by atoms with Crippen LogP contribution >= 0.6 is 0 Å². The number of hydrogen-bond acceptors (Lipinski definition) is 4. The molecule has 0 spiro atoms. The molecule has 0 fully saturated rings. The molecule has 5 heteroatoms. The normalized spacial score (nSPS) is 18.6. The summed E-state index contributed by atoms with van der Waals surface area (Å²) in [7, 11) is 0. The number of phenols is 1. The number of aromatic nitrogens is 2. The molecule has 1 aromatic heterocycles. The lowest BCUT2D eigenvalue weighted by molar-refractivity contribution is 0.101. The van der Waals surface area contributed by atoms with E-state index < -0.39 is 5.60 Å². The van der Waals surface area contributed by atoms with Crippen molar-refractivity contribution in [3.05, 3.63) is 58.3 Å². The van der Waals surface area contributed by atoms with Gasteiger partial charge in [-0.1, -0.05) is 18.2 Å². The lowest BCUT2D eigenvalue weighted by Crippen LogP contribution is -2.33. The molecule has 0 aliphatic carbocycles. The summed E-state index contributed by atoms with van der Waals surface area (Å²) < 4.78 is 8.55. The molecule has 3 aromatic rings. The van der Waals surface area contributed by atoms with Gasteiger partial charge in [-0.25, -0.2) is 0 Å². The molecule has 2 aromatic carbocycles. The van der Waals surface area contributed by atoms with Crippen molar-refractivity contribution in [3.8, 4) is 22.8 Å². The Morgan fingerprint density at radius 3 is 2.77 bits per heavy atom. The second kappa shape index (κ2) is 6.53. The maximum atomic E-state index is 10.7. The predicted molar refractivity (Wildman–Crippen MR) is 120 cm³/mol. The van der Waals surface area contributed by atoms with Crippen LogP contribution in [0.1, 0.15) is 47.6 Å². The number of fused-ring (bicyclic) bond motifs is 2. The Morgan fingerprint density at radius 2 is 1.97 bits per heavy atom. The molecule has 3 heterocycles. The maximum Gasteiger partial charge on any atom is 0.127 e. The van der Waals surface area contributed by atoms with Gasteiger partial charge in [-0.05, 0) is 69.4 Å². The number of anilines is 1. The number of aromatic hydroxyl groups is 1. The summed E-state index contributed by atoms with van der Waals surface area (Å²) in [5.41, 5.74) is 8.44. The molecule has 0 saturated heterocycles. The van der Waals surface area contributed by atoms with Gasteiger partial charge in [0.2, 0.25) is 0 Å². The number of para-hydroxylation sites is 1. The van der Waals surface area contributed by atoms with Crippen LogP contribution in [0, 0.1) is 20.8 Å². The standard InChI is InChI=1S/C25H29N3O2/c1-14-15(2)24-21(16(3)23(14)29)19(25(4,5)30-24)13-28-20(10-12-27-28)18-8-6-7-17-9-11-26-22(17)18/h6-8,10,12,19,26,29H,9,11,13H2,1-5H3/t19-/m1/s1. The van der Waals surface area contributed by atoms with Gasteiger partial charge in [-0.2, -0.15) is 5.10 Å². The molecule has 5 nitrogen and oxygen atoms in total. The van der Waals surface area contributed by atoms with Gasteiger partial charge in [-0.15, -0.1) is 0 Å². The Balaban J connectivity index is 1.60. The average Bonchev–Trinajstić information content (AvgIpc) is 3.43. The Bertz CT molecular complexity index is 1160. The molecular formula is C25H29N3O2. The molecule has 2 N–H and O–H groups in total. The van der Waals surface area contributed by atoms with Crippen LogP contribution in [0.3, 0.4) is 0 Å². The second-order valence-corrected chi connectivity index (χ2v) is 9.14. The highest BCUT2D eigenvalue weighted by atomic mass is 16.5. The highest BCUT2D eigenvalue weighted by molar-refractivity contribution is 5.80. The molecule has 0 unspecified atom stereocenters. The number of nitrogens with one attached hydrogen (secondary N) is 1. The van der Waals surface area contributed by atoms with E-state index in [0.717, 1.165) is 46.7 Å². The summed E-state index contributed by atoms with van der Waals surface area (Å²) in [5, 5.41) is 18.9. The van der Waals surface area contributed by atoms with Gasteiger partial charge in [0.25, 0.3) is 0 Å². The molecule has 0 radical (unpaired) electrons. The summed E-state index contributed by atoms with van der Waals surface area (Å²) in [6, 6.07) is 8.58. The van der Waals surface area contributed by atoms with Gasteiger partial charge >= 0.3 is 0 Å². The Labute approximate surface area is 177 Å². The molecule has 1 atom stereocenters. The topological polar surface area (TPSA) is 59.3 Å². The number of benzene rings is 2. The zero-order chi connectivity index (χ0) is 21.2. The SMILES string of the molecule is Cc1c(C)c2c(c(C)c1O)[C@@H](Cn1nccc1-c1cccc3c1NCC3)C(C)(C)O2. The fourth-order valence-corrected chi connectivity index (χ4v) is 5.11. The third-order valence-electron chi connectivity index (χ3n) is 7.01. The van der Waals surface area contributed by atoms with Gasteiger partial charge < -0.3 is 15.2 Å². The van der Waals surface area contributed by atoms with Gasteiger partial charge in [0.1, 0.15) is 17.1 Å². The van der Waals surface area contributed by atoms with Crippen molar-refractivity contribution in [3.63, 3.8) is 0 Å². The Kier molecular flexibility index (Phi) is 4.14. The first-order valence-corrected chi connectivity index (χ1v) is 10.7. The number of nitrogens with zero attached hydrogens (tertiary/aromatic N) is 2. The first kappa shape index (κ1) is 19.0. The van der Waals surface area contributed by atoms with Crippen LogP contribution in [0.15, 0.2) is 30.5 Å². The van der Waals surface area contributed by atoms with E-state index in [4.69, 9.17) is 4.74 Å². The number of rotatable bonds is 3. The zero-order valence-electron chi connectivity index (χ0n) is 18.3. The quantitative estimate of drug-likeness (QED) is 0.638. The van der Waals surface area contributed by atoms with Crippen LogP contribution in [0.4, 0.5) is 5.69 Å². The van der Waals surface area contributed by atoms with Crippen molar-refractivity contribution in [1.82, 2.24) is 9.78 Å². The third kappa shape index (κ3) is 2.64. The number of hydrogen-bond donors (Lipinski definition) is 2. The summed E-state index contributed by atoms with van der Waals surface area (Å²) in [4.78, 5) is 0.